The zero-order valence-corrected chi connectivity index (χ0v) is 8.09. The lowest BCUT2D eigenvalue weighted by Gasteiger charge is -2.08. The quantitative estimate of drug-likeness (QED) is 0.386. The second-order valence-electron chi connectivity index (χ2n) is 2.58. The molecule has 0 bridgehead atoms. The van der Waals surface area contributed by atoms with Crippen molar-refractivity contribution in [2.45, 2.75) is 32.6 Å². The Morgan fingerprint density at radius 2 is 2.08 bits per heavy atom. The van der Waals surface area contributed by atoms with E-state index in [-0.39, 0.29) is 5.76 Å². The lowest BCUT2D eigenvalue weighted by Crippen LogP contribution is -1.89. The lowest BCUT2D eigenvalue weighted by atomic mass is 10.2. The van der Waals surface area contributed by atoms with E-state index in [1.165, 1.54) is 0 Å². The standard InChI is InChI=1S/C7H15O4P/c1-3-4-5-6-7(2)11-12(8,9)10/h2-6H2,1H3,(H2,8,9,10). The summed E-state index contributed by atoms with van der Waals surface area (Å²) in [5.74, 6) is 0.164. The fourth-order valence-electron chi connectivity index (χ4n) is 0.786. The van der Waals surface area contributed by atoms with Gasteiger partial charge in [0, 0.05) is 6.42 Å². The van der Waals surface area contributed by atoms with E-state index in [0.717, 1.165) is 19.3 Å². The normalized spacial score (nSPS) is 11.2. The molecule has 0 unspecified atom stereocenters. The first-order chi connectivity index (χ1) is 5.45. The predicted molar refractivity (Wildman–Crippen MR) is 46.4 cm³/mol. The van der Waals surface area contributed by atoms with E-state index in [1.807, 2.05) is 6.92 Å². The molecule has 0 spiro atoms. The molecule has 0 amide bonds. The molecule has 0 heterocycles. The Morgan fingerprint density at radius 3 is 2.50 bits per heavy atom. The molecular weight excluding hydrogens is 179 g/mol. The molecule has 0 saturated heterocycles. The van der Waals surface area contributed by atoms with Crippen LogP contribution in [0.15, 0.2) is 12.3 Å². The molecule has 4 nitrogen and oxygen atoms in total. The minimum atomic E-state index is -4.37. The highest BCUT2D eigenvalue weighted by atomic mass is 31.2. The third-order valence-electron chi connectivity index (χ3n) is 1.31. The summed E-state index contributed by atoms with van der Waals surface area (Å²) < 4.78 is 14.5. The molecule has 0 aliphatic carbocycles. The van der Waals surface area contributed by atoms with Gasteiger partial charge in [-0.05, 0) is 6.42 Å². The molecule has 0 fully saturated rings. The molecular formula is C7H15O4P. The van der Waals surface area contributed by atoms with Gasteiger partial charge < -0.3 is 4.52 Å². The summed E-state index contributed by atoms with van der Waals surface area (Å²) in [7, 11) is -4.37. The highest BCUT2D eigenvalue weighted by Gasteiger charge is 2.15. The average Bonchev–Trinajstić information content (AvgIpc) is 1.84. The van der Waals surface area contributed by atoms with Crippen molar-refractivity contribution < 1.29 is 18.9 Å². The number of phosphoric acid groups is 1. The number of unbranched alkanes of at least 4 members (excludes halogenated alkanes) is 2. The van der Waals surface area contributed by atoms with Crippen molar-refractivity contribution in [3.8, 4) is 0 Å². The molecule has 0 aromatic carbocycles. The van der Waals surface area contributed by atoms with E-state index in [4.69, 9.17) is 9.79 Å². The molecule has 5 heteroatoms. The Hall–Kier alpha value is -0.310. The maximum Gasteiger partial charge on any atom is 0.524 e. The predicted octanol–water partition coefficient (Wildman–Crippen LogP) is 2.19. The van der Waals surface area contributed by atoms with Crippen LogP contribution < -0.4 is 0 Å². The second kappa shape index (κ2) is 5.36. The minimum absolute atomic E-state index is 0.164. The van der Waals surface area contributed by atoms with Gasteiger partial charge in [0.25, 0.3) is 0 Å². The Morgan fingerprint density at radius 1 is 1.50 bits per heavy atom. The monoisotopic (exact) mass is 194 g/mol. The molecule has 0 atom stereocenters. The summed E-state index contributed by atoms with van der Waals surface area (Å²) in [6.45, 7) is 5.45. The van der Waals surface area contributed by atoms with Gasteiger partial charge in [0.1, 0.15) is 5.76 Å². The van der Waals surface area contributed by atoms with Gasteiger partial charge in [0.15, 0.2) is 0 Å². The first kappa shape index (κ1) is 11.7. The maximum absolute atomic E-state index is 10.3. The van der Waals surface area contributed by atoms with Crippen molar-refractivity contribution in [1.82, 2.24) is 0 Å². The molecule has 2 N–H and O–H groups in total. The average molecular weight is 194 g/mol. The van der Waals surface area contributed by atoms with Gasteiger partial charge >= 0.3 is 7.82 Å². The van der Waals surface area contributed by atoms with Gasteiger partial charge in [0.2, 0.25) is 0 Å². The van der Waals surface area contributed by atoms with Crippen LogP contribution in [0.1, 0.15) is 32.6 Å². The molecule has 0 rings (SSSR count). The largest absolute Gasteiger partial charge is 0.524 e. The van der Waals surface area contributed by atoms with Crippen LogP contribution in [0.3, 0.4) is 0 Å². The van der Waals surface area contributed by atoms with Crippen molar-refractivity contribution in [2.75, 3.05) is 0 Å². The number of rotatable bonds is 6. The van der Waals surface area contributed by atoms with Crippen LogP contribution >= 0.6 is 7.82 Å². The lowest BCUT2D eigenvalue weighted by molar-refractivity contribution is 0.236. The van der Waals surface area contributed by atoms with E-state index in [9.17, 15) is 4.57 Å². The van der Waals surface area contributed by atoms with E-state index in [2.05, 4.69) is 11.1 Å². The van der Waals surface area contributed by atoms with E-state index >= 15 is 0 Å². The van der Waals surface area contributed by atoms with E-state index < -0.39 is 7.82 Å². The zero-order chi connectivity index (χ0) is 9.61. The third-order valence-corrected chi connectivity index (χ3v) is 1.80. The highest BCUT2D eigenvalue weighted by Crippen LogP contribution is 2.39. The number of allylic oxidation sites excluding steroid dienone is 1. The number of phosphoric ester groups is 1. The van der Waals surface area contributed by atoms with Crippen molar-refractivity contribution >= 4 is 7.82 Å². The fourth-order valence-corrected chi connectivity index (χ4v) is 1.21. The molecule has 0 aliphatic heterocycles. The van der Waals surface area contributed by atoms with Gasteiger partial charge in [-0.25, -0.2) is 4.57 Å². The van der Waals surface area contributed by atoms with E-state index in [0.29, 0.717) is 6.42 Å². The molecule has 72 valence electrons. The maximum atomic E-state index is 10.3. The fraction of sp³-hybridized carbons (Fsp3) is 0.714. The molecule has 0 saturated carbocycles. The van der Waals surface area contributed by atoms with Crippen LogP contribution in [-0.2, 0) is 9.09 Å². The second-order valence-corrected chi connectivity index (χ2v) is 3.74. The van der Waals surface area contributed by atoms with Crippen LogP contribution in [0.2, 0.25) is 0 Å². The number of hydrogen-bond acceptors (Lipinski definition) is 2. The zero-order valence-electron chi connectivity index (χ0n) is 7.19. The topological polar surface area (TPSA) is 66.8 Å². The van der Waals surface area contributed by atoms with Gasteiger partial charge in [-0.15, -0.1) is 0 Å². The minimum Gasteiger partial charge on any atom is -0.409 e. The van der Waals surface area contributed by atoms with Crippen molar-refractivity contribution in [1.29, 1.82) is 0 Å². The van der Waals surface area contributed by atoms with Gasteiger partial charge in [-0.3, -0.25) is 9.79 Å². The summed E-state index contributed by atoms with van der Waals surface area (Å²) in [5, 5.41) is 0. The summed E-state index contributed by atoms with van der Waals surface area (Å²) in [5.41, 5.74) is 0. The van der Waals surface area contributed by atoms with Crippen LogP contribution in [0.5, 0.6) is 0 Å². The SMILES string of the molecule is C=C(CCCCC)OP(=O)(O)O. The first-order valence-corrected chi connectivity index (χ1v) is 5.41. The van der Waals surface area contributed by atoms with Crippen molar-refractivity contribution in [2.24, 2.45) is 0 Å². The first-order valence-electron chi connectivity index (χ1n) is 3.88. The highest BCUT2D eigenvalue weighted by molar-refractivity contribution is 7.46. The molecule has 0 aromatic rings. The Labute approximate surface area is 72.5 Å². The smallest absolute Gasteiger partial charge is 0.409 e. The summed E-state index contributed by atoms with van der Waals surface area (Å²) >= 11 is 0. The van der Waals surface area contributed by atoms with Gasteiger partial charge in [-0.2, -0.15) is 0 Å². The Bertz CT molecular complexity index is 184. The Balaban J connectivity index is 3.54. The summed E-state index contributed by atoms with van der Waals surface area (Å²) in [6.07, 6.45) is 3.45. The van der Waals surface area contributed by atoms with Crippen LogP contribution in [0.25, 0.3) is 0 Å². The molecule has 0 radical (unpaired) electrons. The summed E-state index contributed by atoms with van der Waals surface area (Å²) in [6, 6.07) is 0. The third kappa shape index (κ3) is 7.79. The van der Waals surface area contributed by atoms with Crippen LogP contribution in [0, 0.1) is 0 Å². The summed E-state index contributed by atoms with van der Waals surface area (Å²) in [4.78, 5) is 16.7. The van der Waals surface area contributed by atoms with Crippen molar-refractivity contribution in [3.63, 3.8) is 0 Å². The molecule has 0 aliphatic rings. The van der Waals surface area contributed by atoms with E-state index in [1.54, 1.807) is 0 Å². The van der Waals surface area contributed by atoms with Gasteiger partial charge in [0.05, 0.1) is 0 Å². The van der Waals surface area contributed by atoms with Crippen molar-refractivity contribution in [3.05, 3.63) is 12.3 Å². The van der Waals surface area contributed by atoms with Crippen LogP contribution in [-0.4, -0.2) is 9.79 Å². The Kier molecular flexibility index (Phi) is 5.22. The van der Waals surface area contributed by atoms with Crippen LogP contribution in [0.4, 0.5) is 0 Å². The number of hydrogen-bond donors (Lipinski definition) is 2. The van der Waals surface area contributed by atoms with Gasteiger partial charge in [-0.1, -0.05) is 26.3 Å². The molecule has 0 aromatic heterocycles. The molecule has 12 heavy (non-hydrogen) atoms.